The molecule has 0 unspecified atom stereocenters. The van der Waals surface area contributed by atoms with E-state index in [1.54, 1.807) is 0 Å². The molecule has 0 aromatic rings. The molecule has 0 aliphatic carbocycles. The van der Waals surface area contributed by atoms with Crippen molar-refractivity contribution in [2.45, 2.75) is 27.7 Å². The van der Waals surface area contributed by atoms with Crippen molar-refractivity contribution < 1.29 is 4.74 Å². The summed E-state index contributed by atoms with van der Waals surface area (Å²) in [5, 5.41) is 0. The van der Waals surface area contributed by atoms with Gasteiger partial charge in [0.25, 0.3) is 0 Å². The van der Waals surface area contributed by atoms with Crippen LogP contribution in [0.1, 0.15) is 27.7 Å². The van der Waals surface area contributed by atoms with Gasteiger partial charge >= 0.3 is 0 Å². The first kappa shape index (κ1) is 15.4. The van der Waals surface area contributed by atoms with E-state index < -0.39 is 0 Å². The van der Waals surface area contributed by atoms with Crippen LogP contribution in [0.5, 0.6) is 0 Å². The highest BCUT2D eigenvalue weighted by Crippen LogP contribution is 1.93. The van der Waals surface area contributed by atoms with Gasteiger partial charge in [-0.25, -0.2) is 0 Å². The van der Waals surface area contributed by atoms with E-state index in [0.717, 1.165) is 39.4 Å². The number of nitrogens with zero attached hydrogens (tertiary/aromatic N) is 1. The van der Waals surface area contributed by atoms with Crippen LogP contribution >= 0.6 is 0 Å². The largest absolute Gasteiger partial charge is 0.379 e. The SMILES string of the molecule is CC.CC.NCCN1CCOCC1. The van der Waals surface area contributed by atoms with Gasteiger partial charge in [-0.05, 0) is 0 Å². The highest BCUT2D eigenvalue weighted by molar-refractivity contribution is 4.60. The zero-order valence-corrected chi connectivity index (χ0v) is 9.68. The second kappa shape index (κ2) is 14.4. The van der Waals surface area contributed by atoms with Crippen molar-refractivity contribution in [2.75, 3.05) is 39.4 Å². The van der Waals surface area contributed by atoms with Gasteiger partial charge in [-0.2, -0.15) is 0 Å². The van der Waals surface area contributed by atoms with Crippen molar-refractivity contribution >= 4 is 0 Å². The minimum atomic E-state index is 0.764. The molecule has 0 bridgehead atoms. The Labute approximate surface area is 83.2 Å². The Morgan fingerprint density at radius 3 is 1.92 bits per heavy atom. The minimum absolute atomic E-state index is 0.764. The molecule has 1 heterocycles. The van der Waals surface area contributed by atoms with Crippen LogP contribution < -0.4 is 5.73 Å². The number of morpholine rings is 1. The molecule has 1 rings (SSSR count). The smallest absolute Gasteiger partial charge is 0.0594 e. The van der Waals surface area contributed by atoms with Crippen molar-refractivity contribution in [1.82, 2.24) is 4.90 Å². The number of nitrogens with two attached hydrogens (primary N) is 1. The Morgan fingerprint density at radius 1 is 1.08 bits per heavy atom. The molecule has 0 radical (unpaired) electrons. The molecule has 1 aliphatic rings. The van der Waals surface area contributed by atoms with E-state index in [2.05, 4.69) is 4.90 Å². The Bertz CT molecular complexity index is 70.6. The third kappa shape index (κ3) is 9.80. The van der Waals surface area contributed by atoms with Gasteiger partial charge in [0.15, 0.2) is 0 Å². The monoisotopic (exact) mass is 190 g/mol. The number of ether oxygens (including phenoxy) is 1. The lowest BCUT2D eigenvalue weighted by molar-refractivity contribution is 0.0394. The first-order valence-electron chi connectivity index (χ1n) is 5.43. The first-order chi connectivity index (χ1) is 6.43. The first-order valence-corrected chi connectivity index (χ1v) is 5.43. The van der Waals surface area contributed by atoms with Crippen LogP contribution in [0.4, 0.5) is 0 Å². The van der Waals surface area contributed by atoms with Crippen molar-refractivity contribution in [2.24, 2.45) is 5.73 Å². The van der Waals surface area contributed by atoms with Crippen LogP contribution in [0.25, 0.3) is 0 Å². The highest BCUT2D eigenvalue weighted by Gasteiger charge is 2.07. The van der Waals surface area contributed by atoms with Crippen LogP contribution in [0.3, 0.4) is 0 Å². The van der Waals surface area contributed by atoms with Gasteiger partial charge in [0.2, 0.25) is 0 Å². The van der Waals surface area contributed by atoms with Crippen molar-refractivity contribution in [3.05, 3.63) is 0 Å². The minimum Gasteiger partial charge on any atom is -0.379 e. The average Bonchev–Trinajstić information content (AvgIpc) is 2.26. The van der Waals surface area contributed by atoms with E-state index in [4.69, 9.17) is 10.5 Å². The summed E-state index contributed by atoms with van der Waals surface area (Å²) in [5.74, 6) is 0. The summed E-state index contributed by atoms with van der Waals surface area (Å²) in [6.45, 7) is 13.6. The molecule has 0 saturated carbocycles. The number of hydrogen-bond donors (Lipinski definition) is 1. The summed E-state index contributed by atoms with van der Waals surface area (Å²) in [6, 6.07) is 0. The van der Waals surface area contributed by atoms with Gasteiger partial charge in [0, 0.05) is 26.2 Å². The van der Waals surface area contributed by atoms with Gasteiger partial charge in [0.05, 0.1) is 13.2 Å². The van der Waals surface area contributed by atoms with Crippen LogP contribution in [0, 0.1) is 0 Å². The van der Waals surface area contributed by atoms with E-state index in [0.29, 0.717) is 0 Å². The summed E-state index contributed by atoms with van der Waals surface area (Å²) in [7, 11) is 0. The van der Waals surface area contributed by atoms with Crippen molar-refractivity contribution in [1.29, 1.82) is 0 Å². The fourth-order valence-corrected chi connectivity index (χ4v) is 1.01. The predicted octanol–water partition coefficient (Wildman–Crippen LogP) is 1.33. The van der Waals surface area contributed by atoms with Gasteiger partial charge in [0.1, 0.15) is 0 Å². The van der Waals surface area contributed by atoms with Gasteiger partial charge in [-0.3, -0.25) is 4.90 Å². The topological polar surface area (TPSA) is 38.5 Å². The fourth-order valence-electron chi connectivity index (χ4n) is 1.01. The molecule has 3 heteroatoms. The zero-order chi connectivity index (χ0) is 10.5. The van der Waals surface area contributed by atoms with Gasteiger partial charge in [-0.15, -0.1) is 0 Å². The van der Waals surface area contributed by atoms with Crippen LogP contribution in [-0.2, 0) is 4.74 Å². The average molecular weight is 190 g/mol. The summed E-state index contributed by atoms with van der Waals surface area (Å²) < 4.78 is 5.16. The van der Waals surface area contributed by atoms with Gasteiger partial charge < -0.3 is 10.5 Å². The third-order valence-electron chi connectivity index (χ3n) is 1.55. The maximum Gasteiger partial charge on any atom is 0.0594 e. The molecular weight excluding hydrogens is 164 g/mol. The molecular formula is C10H26N2O. The molecule has 82 valence electrons. The van der Waals surface area contributed by atoms with E-state index in [-0.39, 0.29) is 0 Å². The molecule has 3 nitrogen and oxygen atoms in total. The molecule has 0 spiro atoms. The molecule has 0 aromatic carbocycles. The molecule has 1 fully saturated rings. The molecule has 1 saturated heterocycles. The second-order valence-electron chi connectivity index (χ2n) is 2.24. The number of hydrogen-bond acceptors (Lipinski definition) is 3. The van der Waals surface area contributed by atoms with Crippen LogP contribution in [0.2, 0.25) is 0 Å². The highest BCUT2D eigenvalue weighted by atomic mass is 16.5. The predicted molar refractivity (Wildman–Crippen MR) is 59.0 cm³/mol. The normalized spacial score (nSPS) is 16.4. The molecule has 0 atom stereocenters. The molecule has 1 aliphatic heterocycles. The summed E-state index contributed by atoms with van der Waals surface area (Å²) in [4.78, 5) is 2.32. The lowest BCUT2D eigenvalue weighted by Crippen LogP contribution is -2.39. The fraction of sp³-hybridized carbons (Fsp3) is 1.00. The Kier molecular flexibility index (Phi) is 17.0. The molecule has 13 heavy (non-hydrogen) atoms. The molecule has 0 aromatic heterocycles. The lowest BCUT2D eigenvalue weighted by atomic mass is 10.4. The molecule has 2 N–H and O–H groups in total. The Balaban J connectivity index is 0. The van der Waals surface area contributed by atoms with E-state index in [1.165, 1.54) is 0 Å². The van der Waals surface area contributed by atoms with Gasteiger partial charge in [-0.1, -0.05) is 27.7 Å². The van der Waals surface area contributed by atoms with Crippen molar-refractivity contribution in [3.8, 4) is 0 Å². The summed E-state index contributed by atoms with van der Waals surface area (Å²) >= 11 is 0. The van der Waals surface area contributed by atoms with E-state index >= 15 is 0 Å². The standard InChI is InChI=1S/C6H14N2O.2C2H6/c7-1-2-8-3-5-9-6-4-8;2*1-2/h1-7H2;2*1-2H3. The van der Waals surface area contributed by atoms with E-state index in [1.807, 2.05) is 27.7 Å². The maximum absolute atomic E-state index is 5.38. The zero-order valence-electron chi connectivity index (χ0n) is 9.68. The Hall–Kier alpha value is -0.120. The summed E-state index contributed by atoms with van der Waals surface area (Å²) in [6.07, 6.45) is 0. The van der Waals surface area contributed by atoms with Crippen molar-refractivity contribution in [3.63, 3.8) is 0 Å². The molecule has 0 amide bonds. The second-order valence-corrected chi connectivity index (χ2v) is 2.24. The lowest BCUT2D eigenvalue weighted by Gasteiger charge is -2.25. The number of rotatable bonds is 2. The maximum atomic E-state index is 5.38. The van der Waals surface area contributed by atoms with E-state index in [9.17, 15) is 0 Å². The summed E-state index contributed by atoms with van der Waals surface area (Å²) in [5.41, 5.74) is 5.38. The quantitative estimate of drug-likeness (QED) is 0.714. The third-order valence-corrected chi connectivity index (χ3v) is 1.55. The Morgan fingerprint density at radius 2 is 1.54 bits per heavy atom. The van der Waals surface area contributed by atoms with Crippen LogP contribution in [-0.4, -0.2) is 44.3 Å². The van der Waals surface area contributed by atoms with Crippen LogP contribution in [0.15, 0.2) is 0 Å².